The van der Waals surface area contributed by atoms with Gasteiger partial charge >= 0.3 is 0 Å². The Labute approximate surface area is 146 Å². The topological polar surface area (TPSA) is 79.7 Å². The fraction of sp³-hybridized carbons (Fsp3) is 0.444. The maximum Gasteiger partial charge on any atom is 0.275 e. The van der Waals surface area contributed by atoms with Gasteiger partial charge in [-0.15, -0.1) is 10.2 Å². The number of aromatic nitrogens is 5. The van der Waals surface area contributed by atoms with Crippen molar-refractivity contribution in [3.8, 4) is 0 Å². The zero-order valence-electron chi connectivity index (χ0n) is 14.5. The van der Waals surface area contributed by atoms with E-state index in [1.54, 1.807) is 6.33 Å². The van der Waals surface area contributed by atoms with Crippen molar-refractivity contribution in [1.82, 2.24) is 29.9 Å². The molecule has 0 saturated carbocycles. The minimum Gasteiger partial charge on any atom is -0.337 e. The number of H-pyrrole nitrogens is 1. The lowest BCUT2D eigenvalue weighted by molar-refractivity contribution is 0.0699. The first-order valence-electron chi connectivity index (χ1n) is 8.77. The predicted octanol–water partition coefficient (Wildman–Crippen LogP) is 2.76. The maximum atomic E-state index is 13.0. The van der Waals surface area contributed by atoms with Crippen molar-refractivity contribution in [3.05, 3.63) is 42.1 Å². The van der Waals surface area contributed by atoms with Gasteiger partial charge < -0.3 is 9.47 Å². The molecule has 25 heavy (non-hydrogen) atoms. The van der Waals surface area contributed by atoms with E-state index >= 15 is 0 Å². The van der Waals surface area contributed by atoms with Crippen LogP contribution in [0.4, 0.5) is 0 Å². The Hall–Kier alpha value is -2.70. The first-order chi connectivity index (χ1) is 12.1. The van der Waals surface area contributed by atoms with Crippen molar-refractivity contribution in [1.29, 1.82) is 0 Å². The second-order valence-electron chi connectivity index (χ2n) is 6.90. The summed E-state index contributed by atoms with van der Waals surface area (Å²) in [6, 6.07) is 8.04. The van der Waals surface area contributed by atoms with Crippen LogP contribution in [0.3, 0.4) is 0 Å². The molecule has 1 amide bonds. The van der Waals surface area contributed by atoms with Gasteiger partial charge in [0, 0.05) is 30.4 Å². The number of aromatic amines is 1. The summed E-state index contributed by atoms with van der Waals surface area (Å²) in [5.74, 6) is 1.17. The molecule has 7 nitrogen and oxygen atoms in total. The number of fused-ring (bicyclic) bond motifs is 1. The van der Waals surface area contributed by atoms with E-state index in [2.05, 4.69) is 38.8 Å². The first-order valence-corrected chi connectivity index (χ1v) is 8.77. The summed E-state index contributed by atoms with van der Waals surface area (Å²) in [6.07, 6.45) is 3.77. The number of carbonyl (C=O) groups is 1. The van der Waals surface area contributed by atoms with Gasteiger partial charge in [-0.1, -0.05) is 18.2 Å². The fourth-order valence-electron chi connectivity index (χ4n) is 3.59. The van der Waals surface area contributed by atoms with Crippen molar-refractivity contribution in [2.24, 2.45) is 0 Å². The average molecular weight is 338 g/mol. The number of hydrogen-bond acceptors (Lipinski definition) is 4. The molecule has 1 N–H and O–H groups in total. The van der Waals surface area contributed by atoms with Crippen LogP contribution in [0.25, 0.3) is 10.9 Å². The number of likely N-dealkylation sites (tertiary alicyclic amines) is 1. The summed E-state index contributed by atoms with van der Waals surface area (Å²) >= 11 is 0. The lowest BCUT2D eigenvalue weighted by Gasteiger charge is -2.32. The van der Waals surface area contributed by atoms with Gasteiger partial charge in [0.25, 0.3) is 5.91 Å². The fourth-order valence-corrected chi connectivity index (χ4v) is 3.59. The van der Waals surface area contributed by atoms with E-state index in [9.17, 15) is 4.79 Å². The number of benzene rings is 1. The van der Waals surface area contributed by atoms with E-state index in [-0.39, 0.29) is 11.8 Å². The van der Waals surface area contributed by atoms with E-state index in [1.165, 1.54) is 0 Å². The molecule has 1 atom stereocenters. The van der Waals surface area contributed by atoms with Crippen LogP contribution in [0, 0.1) is 0 Å². The highest BCUT2D eigenvalue weighted by atomic mass is 16.2. The number of piperidine rings is 1. The molecule has 1 saturated heterocycles. The Kier molecular flexibility index (Phi) is 3.99. The summed E-state index contributed by atoms with van der Waals surface area (Å²) in [7, 11) is 0. The lowest BCUT2D eigenvalue weighted by Crippen LogP contribution is -2.40. The second kappa shape index (κ2) is 6.31. The molecule has 1 unspecified atom stereocenters. The SMILES string of the molecule is CC(C)n1cnnc1C1CCCN(C(=O)c2n[nH]c3ccccc23)C1. The molecule has 130 valence electrons. The van der Waals surface area contributed by atoms with Crippen LogP contribution in [0.15, 0.2) is 30.6 Å². The van der Waals surface area contributed by atoms with E-state index in [0.29, 0.717) is 18.3 Å². The number of carbonyl (C=O) groups excluding carboxylic acids is 1. The van der Waals surface area contributed by atoms with Crippen molar-refractivity contribution >= 4 is 16.8 Å². The Balaban J connectivity index is 1.59. The number of hydrogen-bond donors (Lipinski definition) is 1. The average Bonchev–Trinajstić information content (AvgIpc) is 3.28. The van der Waals surface area contributed by atoms with Crippen molar-refractivity contribution in [3.63, 3.8) is 0 Å². The largest absolute Gasteiger partial charge is 0.337 e. The summed E-state index contributed by atoms with van der Waals surface area (Å²) in [6.45, 7) is 5.65. The van der Waals surface area contributed by atoms with Gasteiger partial charge in [0.05, 0.1) is 5.52 Å². The molecule has 7 heteroatoms. The highest BCUT2D eigenvalue weighted by Gasteiger charge is 2.30. The van der Waals surface area contributed by atoms with Gasteiger partial charge in [0.2, 0.25) is 0 Å². The maximum absolute atomic E-state index is 13.0. The van der Waals surface area contributed by atoms with Crippen molar-refractivity contribution in [2.75, 3.05) is 13.1 Å². The van der Waals surface area contributed by atoms with Gasteiger partial charge in [0.15, 0.2) is 5.69 Å². The molecule has 0 bridgehead atoms. The van der Waals surface area contributed by atoms with Crippen LogP contribution in [0.5, 0.6) is 0 Å². The number of rotatable bonds is 3. The Morgan fingerprint density at radius 1 is 1.32 bits per heavy atom. The summed E-state index contributed by atoms with van der Waals surface area (Å²) in [5, 5.41) is 16.5. The van der Waals surface area contributed by atoms with Crippen LogP contribution >= 0.6 is 0 Å². The molecule has 3 heterocycles. The minimum atomic E-state index is -0.0160. The van der Waals surface area contributed by atoms with Crippen LogP contribution in [-0.2, 0) is 0 Å². The summed E-state index contributed by atoms with van der Waals surface area (Å²) in [4.78, 5) is 14.9. The Morgan fingerprint density at radius 2 is 2.16 bits per heavy atom. The normalized spacial score (nSPS) is 18.2. The van der Waals surface area contributed by atoms with Gasteiger partial charge in [-0.25, -0.2) is 0 Å². The van der Waals surface area contributed by atoms with E-state index in [1.807, 2.05) is 29.2 Å². The van der Waals surface area contributed by atoms with Crippen LogP contribution < -0.4 is 0 Å². The van der Waals surface area contributed by atoms with Crippen molar-refractivity contribution in [2.45, 2.75) is 38.6 Å². The van der Waals surface area contributed by atoms with Crippen molar-refractivity contribution < 1.29 is 4.79 Å². The molecule has 0 radical (unpaired) electrons. The van der Waals surface area contributed by atoms with E-state index in [0.717, 1.165) is 36.1 Å². The van der Waals surface area contributed by atoms with Crippen LogP contribution in [0.1, 0.15) is 55.0 Å². The third kappa shape index (κ3) is 2.79. The number of nitrogens with zero attached hydrogens (tertiary/aromatic N) is 5. The van der Waals surface area contributed by atoms with E-state index in [4.69, 9.17) is 0 Å². The van der Waals surface area contributed by atoms with Crippen LogP contribution in [0.2, 0.25) is 0 Å². The molecule has 1 aliphatic rings. The van der Waals surface area contributed by atoms with Gasteiger partial charge in [0.1, 0.15) is 12.2 Å². The molecule has 2 aromatic heterocycles. The highest BCUT2D eigenvalue weighted by molar-refractivity contribution is 6.04. The molecule has 0 aliphatic carbocycles. The van der Waals surface area contributed by atoms with Crippen LogP contribution in [-0.4, -0.2) is 48.9 Å². The molecule has 0 spiro atoms. The third-order valence-electron chi connectivity index (χ3n) is 4.90. The predicted molar refractivity (Wildman–Crippen MR) is 94.4 cm³/mol. The molecule has 1 fully saturated rings. The number of nitrogens with one attached hydrogen (secondary N) is 1. The van der Waals surface area contributed by atoms with E-state index < -0.39 is 0 Å². The zero-order valence-corrected chi connectivity index (χ0v) is 14.5. The molecule has 3 aromatic rings. The Bertz CT molecular complexity index is 896. The Morgan fingerprint density at radius 3 is 3.00 bits per heavy atom. The number of para-hydroxylation sites is 1. The third-order valence-corrected chi connectivity index (χ3v) is 4.90. The summed E-state index contributed by atoms with van der Waals surface area (Å²) in [5.41, 5.74) is 1.39. The second-order valence-corrected chi connectivity index (χ2v) is 6.90. The highest BCUT2D eigenvalue weighted by Crippen LogP contribution is 2.28. The molecule has 1 aliphatic heterocycles. The summed E-state index contributed by atoms with van der Waals surface area (Å²) < 4.78 is 2.10. The zero-order chi connectivity index (χ0) is 17.4. The molecule has 1 aromatic carbocycles. The number of amides is 1. The lowest BCUT2D eigenvalue weighted by atomic mass is 9.96. The smallest absolute Gasteiger partial charge is 0.275 e. The molecule has 4 rings (SSSR count). The van der Waals surface area contributed by atoms with Gasteiger partial charge in [-0.3, -0.25) is 9.89 Å². The molecular weight excluding hydrogens is 316 g/mol. The minimum absolute atomic E-state index is 0.0160. The first kappa shape index (κ1) is 15.8. The standard InChI is InChI=1S/C18H22N6O/c1-12(2)24-11-19-22-17(24)13-6-5-9-23(10-13)18(25)16-14-7-3-4-8-15(14)20-21-16/h3-4,7-8,11-13H,5-6,9-10H2,1-2H3,(H,20,21). The van der Waals surface area contributed by atoms with Gasteiger partial charge in [-0.05, 0) is 32.8 Å². The van der Waals surface area contributed by atoms with Gasteiger partial charge in [-0.2, -0.15) is 5.10 Å². The quantitative estimate of drug-likeness (QED) is 0.796. The monoisotopic (exact) mass is 338 g/mol. The molecular formula is C18H22N6O.